The van der Waals surface area contributed by atoms with Crippen LogP contribution in [0.15, 0.2) is 6.20 Å². The minimum atomic E-state index is -2.46. The molecule has 5 heteroatoms. The summed E-state index contributed by atoms with van der Waals surface area (Å²) in [4.78, 5) is 3.87. The van der Waals surface area contributed by atoms with E-state index < -0.39 is 6.43 Å². The van der Waals surface area contributed by atoms with Crippen LogP contribution in [0.4, 0.5) is 8.78 Å². The third-order valence-electron chi connectivity index (χ3n) is 1.80. The second-order valence-electron chi connectivity index (χ2n) is 2.60. The zero-order chi connectivity index (χ0) is 10.0. The lowest BCUT2D eigenvalue weighted by molar-refractivity contribution is 0.150. The monoisotopic (exact) mass is 298 g/mol. The molecule has 2 N–H and O–H groups in total. The average Bonchev–Trinajstić information content (AvgIpc) is 2.09. The van der Waals surface area contributed by atoms with Crippen molar-refractivity contribution >= 4 is 22.6 Å². The summed E-state index contributed by atoms with van der Waals surface area (Å²) in [6, 6.07) is 0. The molecule has 0 saturated carbocycles. The fourth-order valence-electron chi connectivity index (χ4n) is 1.01. The molecule has 13 heavy (non-hydrogen) atoms. The van der Waals surface area contributed by atoms with Gasteiger partial charge in [-0.3, -0.25) is 4.98 Å². The van der Waals surface area contributed by atoms with E-state index in [1.54, 1.807) is 6.92 Å². The van der Waals surface area contributed by atoms with E-state index in [0.29, 0.717) is 11.3 Å². The molecule has 1 rings (SSSR count). The Hall–Kier alpha value is -0.300. The number of alkyl halides is 2. The minimum absolute atomic E-state index is 0.0124. The van der Waals surface area contributed by atoms with Gasteiger partial charge in [-0.25, -0.2) is 8.78 Å². The first-order valence-corrected chi connectivity index (χ1v) is 4.78. The van der Waals surface area contributed by atoms with E-state index >= 15 is 0 Å². The molecule has 2 nitrogen and oxygen atoms in total. The molecule has 0 unspecified atom stereocenters. The van der Waals surface area contributed by atoms with Crippen LogP contribution in [-0.2, 0) is 6.54 Å². The van der Waals surface area contributed by atoms with Gasteiger partial charge in [-0.15, -0.1) is 0 Å². The molecule has 0 aromatic carbocycles. The maximum absolute atomic E-state index is 12.4. The van der Waals surface area contributed by atoms with Crippen molar-refractivity contribution in [2.45, 2.75) is 19.9 Å². The smallest absolute Gasteiger partial charge is 0.265 e. The van der Waals surface area contributed by atoms with Crippen LogP contribution in [0.5, 0.6) is 0 Å². The maximum Gasteiger partial charge on any atom is 0.265 e. The number of nitrogens with zero attached hydrogens (tertiary/aromatic N) is 1. The van der Waals surface area contributed by atoms with E-state index in [0.717, 1.165) is 3.57 Å². The highest BCUT2D eigenvalue weighted by atomic mass is 127. The van der Waals surface area contributed by atoms with Crippen molar-refractivity contribution in [3.63, 3.8) is 0 Å². The predicted octanol–water partition coefficient (Wildman–Crippen LogP) is 2.39. The molecular weight excluding hydrogens is 289 g/mol. The van der Waals surface area contributed by atoms with Gasteiger partial charge in [-0.1, -0.05) is 0 Å². The van der Waals surface area contributed by atoms with Crippen LogP contribution in [0.25, 0.3) is 0 Å². The van der Waals surface area contributed by atoms with Crippen LogP contribution in [0.3, 0.4) is 0 Å². The van der Waals surface area contributed by atoms with E-state index in [9.17, 15) is 8.78 Å². The molecule has 0 saturated heterocycles. The van der Waals surface area contributed by atoms with Gasteiger partial charge in [0.2, 0.25) is 0 Å². The topological polar surface area (TPSA) is 38.9 Å². The number of aromatic nitrogens is 1. The second-order valence-corrected chi connectivity index (χ2v) is 3.68. The number of pyridine rings is 1. The third-order valence-corrected chi connectivity index (χ3v) is 3.24. The number of hydrogen-bond donors (Lipinski definition) is 1. The molecule has 0 radical (unpaired) electrons. The standard InChI is InChI=1S/C8H9F2IN2/c1-4-5(8(9)10)3-13-6(2-12)7(4)11/h3,8H,2,12H2,1H3. The average molecular weight is 298 g/mol. The van der Waals surface area contributed by atoms with Crippen molar-refractivity contribution in [1.82, 2.24) is 4.98 Å². The van der Waals surface area contributed by atoms with Gasteiger partial charge in [0.1, 0.15) is 0 Å². The molecule has 0 amide bonds. The first-order valence-electron chi connectivity index (χ1n) is 3.70. The maximum atomic E-state index is 12.4. The Morgan fingerprint density at radius 2 is 2.23 bits per heavy atom. The molecule has 0 aliphatic carbocycles. The summed E-state index contributed by atoms with van der Waals surface area (Å²) in [5.74, 6) is 0. The van der Waals surface area contributed by atoms with E-state index in [-0.39, 0.29) is 12.1 Å². The largest absolute Gasteiger partial charge is 0.325 e. The molecular formula is C8H9F2IN2. The van der Waals surface area contributed by atoms with Crippen LogP contribution in [-0.4, -0.2) is 4.98 Å². The number of nitrogens with two attached hydrogens (primary N) is 1. The van der Waals surface area contributed by atoms with Crippen molar-refractivity contribution in [1.29, 1.82) is 0 Å². The molecule has 0 aliphatic rings. The first kappa shape index (κ1) is 10.8. The van der Waals surface area contributed by atoms with Gasteiger partial charge in [0.05, 0.1) is 5.69 Å². The molecule has 1 heterocycles. The van der Waals surface area contributed by atoms with Gasteiger partial charge in [0.25, 0.3) is 6.43 Å². The zero-order valence-electron chi connectivity index (χ0n) is 7.02. The Morgan fingerprint density at radius 1 is 1.62 bits per heavy atom. The number of rotatable bonds is 2. The lowest BCUT2D eigenvalue weighted by Gasteiger charge is -2.08. The number of halogens is 3. The summed E-state index contributed by atoms with van der Waals surface area (Å²) in [6.45, 7) is 1.94. The van der Waals surface area contributed by atoms with Crippen molar-refractivity contribution in [2.24, 2.45) is 5.73 Å². The van der Waals surface area contributed by atoms with Crippen molar-refractivity contribution in [3.8, 4) is 0 Å². The molecule has 0 aliphatic heterocycles. The van der Waals surface area contributed by atoms with Gasteiger partial charge < -0.3 is 5.73 Å². The van der Waals surface area contributed by atoms with Crippen molar-refractivity contribution in [3.05, 3.63) is 26.6 Å². The van der Waals surface area contributed by atoms with Gasteiger partial charge in [-0.2, -0.15) is 0 Å². The van der Waals surface area contributed by atoms with E-state index in [2.05, 4.69) is 4.98 Å². The van der Waals surface area contributed by atoms with Crippen LogP contribution in [0.1, 0.15) is 23.2 Å². The van der Waals surface area contributed by atoms with E-state index in [4.69, 9.17) is 5.73 Å². The van der Waals surface area contributed by atoms with Crippen molar-refractivity contribution in [2.75, 3.05) is 0 Å². The highest BCUT2D eigenvalue weighted by molar-refractivity contribution is 14.1. The molecule has 1 aromatic rings. The second kappa shape index (κ2) is 4.28. The molecule has 0 atom stereocenters. The normalized spacial score (nSPS) is 10.9. The Balaban J connectivity index is 3.23. The summed E-state index contributed by atoms with van der Waals surface area (Å²) in [5, 5.41) is 0. The third kappa shape index (κ3) is 2.14. The van der Waals surface area contributed by atoms with E-state index in [1.807, 2.05) is 22.6 Å². The summed E-state index contributed by atoms with van der Waals surface area (Å²) >= 11 is 1.99. The lowest BCUT2D eigenvalue weighted by Crippen LogP contribution is -2.06. The van der Waals surface area contributed by atoms with Gasteiger partial charge >= 0.3 is 0 Å². The quantitative estimate of drug-likeness (QED) is 0.852. The summed E-state index contributed by atoms with van der Waals surface area (Å²) in [5.41, 5.74) is 6.62. The highest BCUT2D eigenvalue weighted by Crippen LogP contribution is 2.26. The van der Waals surface area contributed by atoms with Gasteiger partial charge in [-0.05, 0) is 35.1 Å². The fraction of sp³-hybridized carbons (Fsp3) is 0.375. The van der Waals surface area contributed by atoms with Gasteiger partial charge in [0.15, 0.2) is 0 Å². The van der Waals surface area contributed by atoms with Crippen LogP contribution >= 0.6 is 22.6 Å². The van der Waals surface area contributed by atoms with E-state index in [1.165, 1.54) is 6.20 Å². The fourth-order valence-corrected chi connectivity index (χ4v) is 1.68. The molecule has 0 bridgehead atoms. The van der Waals surface area contributed by atoms with Crippen molar-refractivity contribution < 1.29 is 8.78 Å². The Bertz CT molecular complexity index is 315. The van der Waals surface area contributed by atoms with Gasteiger partial charge in [0, 0.05) is 21.9 Å². The minimum Gasteiger partial charge on any atom is -0.325 e. The molecule has 72 valence electrons. The highest BCUT2D eigenvalue weighted by Gasteiger charge is 2.14. The lowest BCUT2D eigenvalue weighted by atomic mass is 10.1. The summed E-state index contributed by atoms with van der Waals surface area (Å²) < 4.78 is 25.5. The number of hydrogen-bond acceptors (Lipinski definition) is 2. The predicted molar refractivity (Wildman–Crippen MR) is 54.5 cm³/mol. The molecule has 0 spiro atoms. The van der Waals surface area contributed by atoms with Crippen LogP contribution in [0.2, 0.25) is 0 Å². The zero-order valence-corrected chi connectivity index (χ0v) is 9.18. The summed E-state index contributed by atoms with van der Waals surface area (Å²) in [7, 11) is 0. The van der Waals surface area contributed by atoms with Crippen LogP contribution < -0.4 is 5.73 Å². The Kier molecular flexibility index (Phi) is 3.55. The summed E-state index contributed by atoms with van der Waals surface area (Å²) in [6.07, 6.45) is -1.27. The SMILES string of the molecule is Cc1c(C(F)F)cnc(CN)c1I. The Morgan fingerprint density at radius 3 is 2.69 bits per heavy atom. The molecule has 1 aromatic heterocycles. The molecule has 0 fully saturated rings. The Labute approximate surface area is 88.7 Å². The van der Waals surface area contributed by atoms with Crippen LogP contribution in [0, 0.1) is 10.5 Å². The first-order chi connectivity index (χ1) is 6.07.